The molecule has 4 heteroatoms. The normalized spacial score (nSPS) is 26.2. The Kier molecular flexibility index (Phi) is 3.57. The maximum atomic E-state index is 12.0. The van der Waals surface area contributed by atoms with Crippen molar-refractivity contribution in [3.63, 3.8) is 0 Å². The standard InChI is InChI=1S/C16H21N3O/c1-11-6-7-14(12(11)2)17-10-13-9-16(20)19-8-4-3-5-15(19)18-13/h3-5,8-9,11-12,14,17H,6-7,10H2,1-2H3. The van der Waals surface area contributed by atoms with Crippen molar-refractivity contribution >= 4 is 5.65 Å². The zero-order chi connectivity index (χ0) is 14.1. The highest BCUT2D eigenvalue weighted by molar-refractivity contribution is 5.37. The maximum absolute atomic E-state index is 12.0. The van der Waals surface area contributed by atoms with E-state index >= 15 is 0 Å². The smallest absolute Gasteiger partial charge is 0.258 e. The molecule has 1 aliphatic rings. The van der Waals surface area contributed by atoms with E-state index in [4.69, 9.17) is 0 Å². The second kappa shape index (κ2) is 5.37. The fourth-order valence-corrected chi connectivity index (χ4v) is 3.08. The Balaban J connectivity index is 1.77. The Morgan fingerprint density at radius 1 is 1.35 bits per heavy atom. The number of fused-ring (bicyclic) bond motifs is 1. The highest BCUT2D eigenvalue weighted by Gasteiger charge is 2.29. The van der Waals surface area contributed by atoms with Crippen LogP contribution in [0.15, 0.2) is 35.3 Å². The first kappa shape index (κ1) is 13.3. The fourth-order valence-electron chi connectivity index (χ4n) is 3.08. The minimum Gasteiger partial charge on any atom is -0.308 e. The quantitative estimate of drug-likeness (QED) is 0.931. The van der Waals surface area contributed by atoms with Gasteiger partial charge in [-0.3, -0.25) is 9.20 Å². The lowest BCUT2D eigenvalue weighted by molar-refractivity contribution is 0.368. The Bertz CT molecular complexity index is 664. The largest absolute Gasteiger partial charge is 0.308 e. The van der Waals surface area contributed by atoms with Crippen LogP contribution in [0.5, 0.6) is 0 Å². The molecule has 2 aromatic rings. The molecule has 0 aromatic carbocycles. The van der Waals surface area contributed by atoms with Gasteiger partial charge in [0.25, 0.3) is 5.56 Å². The second-order valence-corrected chi connectivity index (χ2v) is 5.92. The molecule has 0 radical (unpaired) electrons. The molecule has 1 saturated carbocycles. The molecule has 4 nitrogen and oxygen atoms in total. The summed E-state index contributed by atoms with van der Waals surface area (Å²) in [6, 6.07) is 7.78. The molecular formula is C16H21N3O. The predicted molar refractivity (Wildman–Crippen MR) is 79.7 cm³/mol. The van der Waals surface area contributed by atoms with Gasteiger partial charge < -0.3 is 5.32 Å². The molecule has 106 valence electrons. The first-order chi connectivity index (χ1) is 9.65. The van der Waals surface area contributed by atoms with Crippen molar-refractivity contribution in [2.45, 2.75) is 39.3 Å². The molecule has 3 rings (SSSR count). The summed E-state index contributed by atoms with van der Waals surface area (Å²) < 4.78 is 1.57. The van der Waals surface area contributed by atoms with Crippen molar-refractivity contribution in [1.29, 1.82) is 0 Å². The van der Waals surface area contributed by atoms with E-state index in [-0.39, 0.29) is 5.56 Å². The molecule has 1 aliphatic carbocycles. The monoisotopic (exact) mass is 271 g/mol. The maximum Gasteiger partial charge on any atom is 0.258 e. The van der Waals surface area contributed by atoms with Crippen LogP contribution in [0.25, 0.3) is 5.65 Å². The van der Waals surface area contributed by atoms with Gasteiger partial charge in [0.05, 0.1) is 5.69 Å². The van der Waals surface area contributed by atoms with Crippen molar-refractivity contribution in [1.82, 2.24) is 14.7 Å². The SMILES string of the molecule is CC1CCC(NCc2cc(=O)n3ccccc3n2)C1C. The number of rotatable bonds is 3. The Hall–Kier alpha value is -1.68. The van der Waals surface area contributed by atoms with Crippen molar-refractivity contribution in [3.8, 4) is 0 Å². The zero-order valence-corrected chi connectivity index (χ0v) is 12.0. The summed E-state index contributed by atoms with van der Waals surface area (Å²) in [6.07, 6.45) is 4.25. The van der Waals surface area contributed by atoms with Crippen LogP contribution in [-0.4, -0.2) is 15.4 Å². The molecule has 0 saturated heterocycles. The van der Waals surface area contributed by atoms with E-state index in [0.29, 0.717) is 24.2 Å². The number of nitrogens with one attached hydrogen (secondary N) is 1. The second-order valence-electron chi connectivity index (χ2n) is 5.92. The van der Waals surface area contributed by atoms with Crippen LogP contribution in [0.3, 0.4) is 0 Å². The van der Waals surface area contributed by atoms with Crippen LogP contribution >= 0.6 is 0 Å². The molecule has 1 fully saturated rings. The van der Waals surface area contributed by atoms with Gasteiger partial charge in [0.2, 0.25) is 0 Å². The molecule has 2 heterocycles. The first-order valence-electron chi connectivity index (χ1n) is 7.36. The van der Waals surface area contributed by atoms with Crippen LogP contribution in [-0.2, 0) is 6.54 Å². The Labute approximate surface area is 118 Å². The Morgan fingerprint density at radius 3 is 2.95 bits per heavy atom. The van der Waals surface area contributed by atoms with Gasteiger partial charge in [-0.25, -0.2) is 4.98 Å². The molecule has 20 heavy (non-hydrogen) atoms. The molecule has 0 bridgehead atoms. The van der Waals surface area contributed by atoms with Gasteiger partial charge >= 0.3 is 0 Å². The third-order valence-electron chi connectivity index (χ3n) is 4.63. The molecule has 3 unspecified atom stereocenters. The average molecular weight is 271 g/mol. The van der Waals surface area contributed by atoms with Gasteiger partial charge in [0.1, 0.15) is 5.65 Å². The lowest BCUT2D eigenvalue weighted by Crippen LogP contribution is -2.32. The summed E-state index contributed by atoms with van der Waals surface area (Å²) in [7, 11) is 0. The molecule has 0 amide bonds. The van der Waals surface area contributed by atoms with E-state index in [1.54, 1.807) is 16.7 Å². The summed E-state index contributed by atoms with van der Waals surface area (Å²) >= 11 is 0. The van der Waals surface area contributed by atoms with Crippen LogP contribution in [0, 0.1) is 11.8 Å². The number of nitrogens with zero attached hydrogens (tertiary/aromatic N) is 2. The van der Waals surface area contributed by atoms with Crippen LogP contribution in [0.1, 0.15) is 32.4 Å². The molecule has 2 aromatic heterocycles. The molecule has 0 aliphatic heterocycles. The number of hydrogen-bond acceptors (Lipinski definition) is 3. The van der Waals surface area contributed by atoms with E-state index in [1.807, 2.05) is 18.2 Å². The van der Waals surface area contributed by atoms with Gasteiger partial charge in [-0.05, 0) is 36.8 Å². The van der Waals surface area contributed by atoms with Gasteiger partial charge in [-0.2, -0.15) is 0 Å². The van der Waals surface area contributed by atoms with Gasteiger partial charge in [-0.1, -0.05) is 19.9 Å². The van der Waals surface area contributed by atoms with E-state index in [0.717, 1.165) is 11.6 Å². The highest BCUT2D eigenvalue weighted by Crippen LogP contribution is 2.31. The van der Waals surface area contributed by atoms with Gasteiger partial charge in [-0.15, -0.1) is 0 Å². The van der Waals surface area contributed by atoms with E-state index in [1.165, 1.54) is 12.8 Å². The topological polar surface area (TPSA) is 46.4 Å². The van der Waals surface area contributed by atoms with E-state index in [2.05, 4.69) is 24.1 Å². The van der Waals surface area contributed by atoms with Gasteiger partial charge in [0, 0.05) is 24.8 Å². The molecule has 0 spiro atoms. The van der Waals surface area contributed by atoms with Gasteiger partial charge in [0.15, 0.2) is 0 Å². The number of pyridine rings is 1. The first-order valence-corrected chi connectivity index (χ1v) is 7.36. The van der Waals surface area contributed by atoms with E-state index < -0.39 is 0 Å². The lowest BCUT2D eigenvalue weighted by Gasteiger charge is -2.19. The number of hydrogen-bond donors (Lipinski definition) is 1. The zero-order valence-electron chi connectivity index (χ0n) is 12.0. The molecule has 1 N–H and O–H groups in total. The third kappa shape index (κ3) is 2.48. The molecular weight excluding hydrogens is 250 g/mol. The minimum absolute atomic E-state index is 0.0137. The summed E-state index contributed by atoms with van der Waals surface area (Å²) in [4.78, 5) is 16.5. The summed E-state index contributed by atoms with van der Waals surface area (Å²) in [6.45, 7) is 5.29. The minimum atomic E-state index is -0.0137. The van der Waals surface area contributed by atoms with Crippen molar-refractivity contribution in [2.24, 2.45) is 11.8 Å². The average Bonchev–Trinajstić information content (AvgIpc) is 2.77. The van der Waals surface area contributed by atoms with E-state index in [9.17, 15) is 4.79 Å². The summed E-state index contributed by atoms with van der Waals surface area (Å²) in [5.41, 5.74) is 1.53. The fraction of sp³-hybridized carbons (Fsp3) is 0.500. The summed E-state index contributed by atoms with van der Waals surface area (Å²) in [5, 5.41) is 3.56. The van der Waals surface area contributed by atoms with Crippen molar-refractivity contribution in [2.75, 3.05) is 0 Å². The molecule has 3 atom stereocenters. The van der Waals surface area contributed by atoms with Crippen LogP contribution in [0.2, 0.25) is 0 Å². The van der Waals surface area contributed by atoms with Crippen LogP contribution < -0.4 is 10.9 Å². The lowest BCUT2D eigenvalue weighted by atomic mass is 9.98. The Morgan fingerprint density at radius 2 is 2.20 bits per heavy atom. The number of aromatic nitrogens is 2. The summed E-state index contributed by atoms with van der Waals surface area (Å²) in [5.74, 6) is 1.47. The van der Waals surface area contributed by atoms with Crippen LogP contribution in [0.4, 0.5) is 0 Å². The highest BCUT2D eigenvalue weighted by atomic mass is 16.1. The van der Waals surface area contributed by atoms with Crippen molar-refractivity contribution in [3.05, 3.63) is 46.5 Å². The predicted octanol–water partition coefficient (Wildman–Crippen LogP) is 2.22. The van der Waals surface area contributed by atoms with Crippen molar-refractivity contribution < 1.29 is 0 Å². The third-order valence-corrected chi connectivity index (χ3v) is 4.63.